The summed E-state index contributed by atoms with van der Waals surface area (Å²) in [5.74, 6) is 0.781. The number of aromatic nitrogens is 3. The summed E-state index contributed by atoms with van der Waals surface area (Å²) < 4.78 is 5.26. The van der Waals surface area contributed by atoms with Gasteiger partial charge in [-0.05, 0) is 6.07 Å². The minimum Gasteiger partial charge on any atom is -0.494 e. The summed E-state index contributed by atoms with van der Waals surface area (Å²) in [4.78, 5) is 4.37. The lowest BCUT2D eigenvalue weighted by atomic mass is 10.1. The van der Waals surface area contributed by atoms with Gasteiger partial charge in [-0.2, -0.15) is 5.10 Å². The molecule has 4 nitrogen and oxygen atoms in total. The number of fused-ring (bicyclic) bond motifs is 3. The number of nitrogens with one attached hydrogen (secondary N) is 1. The molecule has 0 aliphatic heterocycles. The Labute approximate surface area is 85.9 Å². The van der Waals surface area contributed by atoms with Crippen molar-refractivity contribution in [3.8, 4) is 5.75 Å². The summed E-state index contributed by atoms with van der Waals surface area (Å²) in [6, 6.07) is 5.85. The first-order valence-corrected chi connectivity index (χ1v) is 4.65. The molecule has 74 valence electrons. The number of H-pyrrole nitrogens is 1. The van der Waals surface area contributed by atoms with Crippen LogP contribution in [-0.4, -0.2) is 22.3 Å². The zero-order valence-corrected chi connectivity index (χ0v) is 8.19. The second-order valence-electron chi connectivity index (χ2n) is 3.31. The normalized spacial score (nSPS) is 11.0. The molecule has 0 unspecified atom stereocenters. The minimum absolute atomic E-state index is 0.781. The Hall–Kier alpha value is -2.10. The van der Waals surface area contributed by atoms with Crippen LogP contribution in [0.1, 0.15) is 0 Å². The molecule has 2 aromatic heterocycles. The third kappa shape index (κ3) is 1.08. The van der Waals surface area contributed by atoms with Crippen molar-refractivity contribution in [1.82, 2.24) is 15.2 Å². The van der Waals surface area contributed by atoms with Crippen LogP contribution in [0, 0.1) is 0 Å². The maximum Gasteiger partial charge on any atom is 0.145 e. The number of hydrogen-bond acceptors (Lipinski definition) is 3. The number of pyridine rings is 1. The summed E-state index contributed by atoms with van der Waals surface area (Å²) in [7, 11) is 1.65. The summed E-state index contributed by atoms with van der Waals surface area (Å²) in [5, 5.41) is 9.01. The highest BCUT2D eigenvalue weighted by Gasteiger charge is 2.06. The van der Waals surface area contributed by atoms with Crippen molar-refractivity contribution in [2.75, 3.05) is 7.11 Å². The van der Waals surface area contributed by atoms with E-state index in [1.54, 1.807) is 19.5 Å². The van der Waals surface area contributed by atoms with Gasteiger partial charge in [-0.3, -0.25) is 10.1 Å². The van der Waals surface area contributed by atoms with E-state index in [0.29, 0.717) is 0 Å². The van der Waals surface area contributed by atoms with Gasteiger partial charge in [0.15, 0.2) is 0 Å². The van der Waals surface area contributed by atoms with Gasteiger partial charge in [-0.25, -0.2) is 0 Å². The first-order chi connectivity index (χ1) is 7.40. The number of hydrogen-bond donors (Lipinski definition) is 1. The molecule has 2 heterocycles. The molecule has 0 saturated heterocycles. The Kier molecular flexibility index (Phi) is 1.62. The van der Waals surface area contributed by atoms with Gasteiger partial charge in [-0.15, -0.1) is 0 Å². The van der Waals surface area contributed by atoms with E-state index >= 15 is 0 Å². The first-order valence-electron chi connectivity index (χ1n) is 4.65. The molecule has 0 fully saturated rings. The van der Waals surface area contributed by atoms with Crippen LogP contribution in [0.2, 0.25) is 0 Å². The monoisotopic (exact) mass is 199 g/mol. The number of rotatable bonds is 1. The highest BCUT2D eigenvalue weighted by atomic mass is 16.5. The highest BCUT2D eigenvalue weighted by Crippen LogP contribution is 2.27. The Morgan fingerprint density at radius 3 is 3.07 bits per heavy atom. The summed E-state index contributed by atoms with van der Waals surface area (Å²) in [6.07, 6.45) is 3.56. The Morgan fingerprint density at radius 2 is 2.20 bits per heavy atom. The van der Waals surface area contributed by atoms with Crippen molar-refractivity contribution in [3.05, 3.63) is 30.6 Å². The largest absolute Gasteiger partial charge is 0.494 e. The van der Waals surface area contributed by atoms with Gasteiger partial charge < -0.3 is 4.74 Å². The standard InChI is InChI=1S/C11H9N3O/c1-15-9-4-2-3-8-10-7(6-13-14-10)5-12-11(8)9/h2-6H,1H3,(H,13,14). The molecule has 1 aromatic carbocycles. The predicted molar refractivity (Wildman–Crippen MR) is 57.9 cm³/mol. The second kappa shape index (κ2) is 2.95. The molecule has 3 rings (SSSR count). The van der Waals surface area contributed by atoms with Crippen molar-refractivity contribution in [3.63, 3.8) is 0 Å². The third-order valence-electron chi connectivity index (χ3n) is 2.49. The van der Waals surface area contributed by atoms with E-state index < -0.39 is 0 Å². The number of para-hydroxylation sites is 1. The molecular formula is C11H9N3O. The van der Waals surface area contributed by atoms with E-state index in [1.807, 2.05) is 18.2 Å². The highest BCUT2D eigenvalue weighted by molar-refractivity contribution is 6.04. The smallest absolute Gasteiger partial charge is 0.145 e. The first kappa shape index (κ1) is 8.23. The second-order valence-corrected chi connectivity index (χ2v) is 3.31. The molecule has 3 aromatic rings. The molecule has 0 aliphatic carbocycles. The molecule has 0 spiro atoms. The maximum absolute atomic E-state index is 5.26. The molecular weight excluding hydrogens is 190 g/mol. The SMILES string of the molecule is COc1cccc2c1ncc1cn[nH]c12. The molecule has 0 amide bonds. The number of aromatic amines is 1. The van der Waals surface area contributed by atoms with E-state index in [1.165, 1.54) is 0 Å². The van der Waals surface area contributed by atoms with Crippen LogP contribution >= 0.6 is 0 Å². The van der Waals surface area contributed by atoms with E-state index in [4.69, 9.17) is 4.74 Å². The lowest BCUT2D eigenvalue weighted by Gasteiger charge is -2.04. The average Bonchev–Trinajstić information content (AvgIpc) is 2.76. The fourth-order valence-electron chi connectivity index (χ4n) is 1.77. The van der Waals surface area contributed by atoms with E-state index in [-0.39, 0.29) is 0 Å². The van der Waals surface area contributed by atoms with Gasteiger partial charge in [-0.1, -0.05) is 12.1 Å². The predicted octanol–water partition coefficient (Wildman–Crippen LogP) is 2.12. The minimum atomic E-state index is 0.781. The van der Waals surface area contributed by atoms with Crippen molar-refractivity contribution < 1.29 is 4.74 Å². The van der Waals surface area contributed by atoms with Gasteiger partial charge in [0, 0.05) is 17.0 Å². The fraction of sp³-hybridized carbons (Fsp3) is 0.0909. The van der Waals surface area contributed by atoms with Crippen LogP contribution in [0.5, 0.6) is 5.75 Å². The molecule has 15 heavy (non-hydrogen) atoms. The molecule has 0 aliphatic rings. The zero-order chi connectivity index (χ0) is 10.3. The summed E-state index contributed by atoms with van der Waals surface area (Å²) in [6.45, 7) is 0. The number of methoxy groups -OCH3 is 1. The number of benzene rings is 1. The van der Waals surface area contributed by atoms with Gasteiger partial charge in [0.05, 0.1) is 18.8 Å². The molecule has 1 N–H and O–H groups in total. The van der Waals surface area contributed by atoms with Crippen molar-refractivity contribution >= 4 is 21.8 Å². The van der Waals surface area contributed by atoms with Crippen LogP contribution in [0.3, 0.4) is 0 Å². The summed E-state index contributed by atoms with van der Waals surface area (Å²) in [5.41, 5.74) is 1.86. The van der Waals surface area contributed by atoms with Crippen LogP contribution in [-0.2, 0) is 0 Å². The van der Waals surface area contributed by atoms with Crippen molar-refractivity contribution in [2.24, 2.45) is 0 Å². The third-order valence-corrected chi connectivity index (χ3v) is 2.49. The van der Waals surface area contributed by atoms with Gasteiger partial charge in [0.1, 0.15) is 11.3 Å². The number of nitrogens with zero attached hydrogens (tertiary/aromatic N) is 2. The lowest BCUT2D eigenvalue weighted by Crippen LogP contribution is -1.87. The Bertz CT molecular complexity index is 630. The van der Waals surface area contributed by atoms with Crippen LogP contribution < -0.4 is 4.74 Å². The van der Waals surface area contributed by atoms with Crippen LogP contribution in [0.25, 0.3) is 21.8 Å². The summed E-state index contributed by atoms with van der Waals surface area (Å²) >= 11 is 0. The van der Waals surface area contributed by atoms with E-state index in [9.17, 15) is 0 Å². The quantitative estimate of drug-likeness (QED) is 0.653. The molecule has 0 saturated carbocycles. The van der Waals surface area contributed by atoms with Crippen LogP contribution in [0.4, 0.5) is 0 Å². The van der Waals surface area contributed by atoms with Gasteiger partial charge in [0.25, 0.3) is 0 Å². The van der Waals surface area contributed by atoms with Gasteiger partial charge in [0.2, 0.25) is 0 Å². The van der Waals surface area contributed by atoms with Crippen molar-refractivity contribution in [2.45, 2.75) is 0 Å². The fourth-order valence-corrected chi connectivity index (χ4v) is 1.77. The van der Waals surface area contributed by atoms with Crippen LogP contribution in [0.15, 0.2) is 30.6 Å². The van der Waals surface area contributed by atoms with E-state index in [0.717, 1.165) is 27.6 Å². The number of ether oxygens (including phenoxy) is 1. The topological polar surface area (TPSA) is 50.8 Å². The zero-order valence-electron chi connectivity index (χ0n) is 8.19. The lowest BCUT2D eigenvalue weighted by molar-refractivity contribution is 0.419. The molecule has 0 bridgehead atoms. The average molecular weight is 199 g/mol. The van der Waals surface area contributed by atoms with Crippen molar-refractivity contribution in [1.29, 1.82) is 0 Å². The Balaban J connectivity index is 2.53. The maximum atomic E-state index is 5.26. The molecule has 0 atom stereocenters. The molecule has 4 heteroatoms. The Morgan fingerprint density at radius 1 is 1.27 bits per heavy atom. The van der Waals surface area contributed by atoms with E-state index in [2.05, 4.69) is 15.2 Å². The molecule has 0 radical (unpaired) electrons. The van der Waals surface area contributed by atoms with Gasteiger partial charge >= 0.3 is 0 Å².